The van der Waals surface area contributed by atoms with Crippen LogP contribution in [0.1, 0.15) is 19.3 Å². The number of piperidine rings is 1. The first kappa shape index (κ1) is 12.0. The molecule has 5 heteroatoms. The second-order valence-electron chi connectivity index (χ2n) is 4.66. The molecular weight excluding hydrogens is 318 g/mol. The monoisotopic (exact) mass is 333 g/mol. The Morgan fingerprint density at radius 3 is 2.33 bits per heavy atom. The Labute approximate surface area is 102 Å². The highest BCUT2D eigenvalue weighted by atomic mass is 127. The molecular formula is C10H15F3IN. The molecule has 1 heterocycles. The molecule has 0 aromatic carbocycles. The van der Waals surface area contributed by atoms with Gasteiger partial charge in [-0.2, -0.15) is 13.2 Å². The topological polar surface area (TPSA) is 3.24 Å². The van der Waals surface area contributed by atoms with E-state index in [1.54, 1.807) is 0 Å². The third-order valence-corrected chi connectivity index (χ3v) is 4.52. The molecule has 1 aliphatic carbocycles. The lowest BCUT2D eigenvalue weighted by Crippen LogP contribution is -2.46. The zero-order valence-electron chi connectivity index (χ0n) is 8.43. The highest BCUT2D eigenvalue weighted by Crippen LogP contribution is 2.39. The quantitative estimate of drug-likeness (QED) is 0.555. The van der Waals surface area contributed by atoms with Crippen LogP contribution in [0.4, 0.5) is 13.2 Å². The molecule has 1 saturated carbocycles. The van der Waals surface area contributed by atoms with Gasteiger partial charge in [0.05, 0.1) is 5.92 Å². The van der Waals surface area contributed by atoms with Gasteiger partial charge in [-0.25, -0.2) is 0 Å². The van der Waals surface area contributed by atoms with Crippen LogP contribution in [0.15, 0.2) is 0 Å². The molecule has 0 radical (unpaired) electrons. The molecule has 0 spiro atoms. The van der Waals surface area contributed by atoms with Gasteiger partial charge in [0.1, 0.15) is 0 Å². The summed E-state index contributed by atoms with van der Waals surface area (Å²) >= 11 is 1.96. The van der Waals surface area contributed by atoms with Crippen LogP contribution in [0.2, 0.25) is 0 Å². The average molecular weight is 333 g/mol. The minimum absolute atomic E-state index is 0.268. The predicted octanol–water partition coefficient (Wildman–Crippen LogP) is 3.08. The fraction of sp³-hybridized carbons (Fsp3) is 1.00. The number of halogens is 4. The van der Waals surface area contributed by atoms with Crippen molar-refractivity contribution < 1.29 is 13.2 Å². The van der Waals surface area contributed by atoms with Crippen LogP contribution in [-0.4, -0.2) is 34.6 Å². The molecule has 0 amide bonds. The second kappa shape index (κ2) is 4.39. The van der Waals surface area contributed by atoms with E-state index in [0.717, 1.165) is 12.5 Å². The van der Waals surface area contributed by atoms with E-state index in [1.807, 2.05) is 22.6 Å². The van der Waals surface area contributed by atoms with Gasteiger partial charge >= 0.3 is 6.18 Å². The van der Waals surface area contributed by atoms with E-state index in [0.29, 0.717) is 13.1 Å². The van der Waals surface area contributed by atoms with Gasteiger partial charge in [0.15, 0.2) is 0 Å². The van der Waals surface area contributed by atoms with Gasteiger partial charge in [-0.05, 0) is 31.7 Å². The zero-order valence-corrected chi connectivity index (χ0v) is 10.6. The van der Waals surface area contributed by atoms with Gasteiger partial charge in [-0.1, -0.05) is 22.6 Å². The SMILES string of the molecule is FC(F)(F)[C@@H]1CCN(CC2CC2)C[C@H]1I. The summed E-state index contributed by atoms with van der Waals surface area (Å²) in [5.41, 5.74) is 0. The minimum Gasteiger partial charge on any atom is -0.302 e. The van der Waals surface area contributed by atoms with Crippen LogP contribution < -0.4 is 0 Å². The normalized spacial score (nSPS) is 34.4. The second-order valence-corrected chi connectivity index (χ2v) is 6.26. The Hall–Kier alpha value is 0.480. The Morgan fingerprint density at radius 2 is 1.87 bits per heavy atom. The van der Waals surface area contributed by atoms with Gasteiger partial charge < -0.3 is 4.90 Å². The Bertz CT molecular complexity index is 227. The van der Waals surface area contributed by atoms with Crippen LogP contribution in [0.3, 0.4) is 0 Å². The van der Waals surface area contributed by atoms with Gasteiger partial charge in [-0.3, -0.25) is 0 Å². The molecule has 1 nitrogen and oxygen atoms in total. The molecule has 0 N–H and O–H groups in total. The maximum absolute atomic E-state index is 12.6. The van der Waals surface area contributed by atoms with E-state index in [1.165, 1.54) is 12.8 Å². The summed E-state index contributed by atoms with van der Waals surface area (Å²) in [7, 11) is 0. The maximum atomic E-state index is 12.6. The van der Waals surface area contributed by atoms with Crippen molar-refractivity contribution in [3.05, 3.63) is 0 Å². The molecule has 1 aliphatic heterocycles. The number of rotatable bonds is 2. The molecule has 15 heavy (non-hydrogen) atoms. The lowest BCUT2D eigenvalue weighted by molar-refractivity contribution is -0.181. The van der Waals surface area contributed by atoms with Gasteiger partial charge in [0, 0.05) is 17.0 Å². The first-order valence-electron chi connectivity index (χ1n) is 5.40. The highest BCUT2D eigenvalue weighted by Gasteiger charge is 2.46. The molecule has 2 rings (SSSR count). The largest absolute Gasteiger partial charge is 0.392 e. The highest BCUT2D eigenvalue weighted by molar-refractivity contribution is 14.1. The summed E-state index contributed by atoms with van der Waals surface area (Å²) in [5, 5.41) is 0. The first-order chi connectivity index (χ1) is 6.97. The lowest BCUT2D eigenvalue weighted by atomic mass is 9.96. The third kappa shape index (κ3) is 3.22. The van der Waals surface area contributed by atoms with Crippen molar-refractivity contribution in [2.75, 3.05) is 19.6 Å². The molecule has 0 aromatic rings. The molecule has 0 aromatic heterocycles. The Kier molecular flexibility index (Phi) is 3.50. The molecule has 0 unspecified atom stereocenters. The number of hydrogen-bond acceptors (Lipinski definition) is 1. The average Bonchev–Trinajstić information content (AvgIpc) is 2.85. The van der Waals surface area contributed by atoms with Crippen LogP contribution in [-0.2, 0) is 0 Å². The number of likely N-dealkylation sites (tertiary alicyclic amines) is 1. The standard InChI is InChI=1S/C10H15F3IN/c11-10(12,13)8-3-4-15(6-9(8)14)5-7-1-2-7/h7-9H,1-6H2/t8-,9-/m1/s1. The fourth-order valence-corrected chi connectivity index (χ4v) is 3.49. The molecule has 0 bridgehead atoms. The maximum Gasteiger partial charge on any atom is 0.392 e. The van der Waals surface area contributed by atoms with E-state index in [4.69, 9.17) is 0 Å². The van der Waals surface area contributed by atoms with Crippen molar-refractivity contribution in [2.24, 2.45) is 11.8 Å². The van der Waals surface area contributed by atoms with Crippen molar-refractivity contribution in [3.8, 4) is 0 Å². The summed E-state index contributed by atoms with van der Waals surface area (Å²) in [6, 6.07) is 0. The van der Waals surface area contributed by atoms with E-state index >= 15 is 0 Å². The number of nitrogens with zero attached hydrogens (tertiary/aromatic N) is 1. The summed E-state index contributed by atoms with van der Waals surface area (Å²) in [4.78, 5) is 2.21. The molecule has 88 valence electrons. The van der Waals surface area contributed by atoms with Crippen LogP contribution >= 0.6 is 22.6 Å². The summed E-state index contributed by atoms with van der Waals surface area (Å²) in [5.74, 6) is -0.315. The number of alkyl halides is 4. The van der Waals surface area contributed by atoms with E-state index in [-0.39, 0.29) is 10.3 Å². The Balaban J connectivity index is 1.84. The van der Waals surface area contributed by atoms with E-state index < -0.39 is 12.1 Å². The Morgan fingerprint density at radius 1 is 1.20 bits per heavy atom. The third-order valence-electron chi connectivity index (χ3n) is 3.26. The van der Waals surface area contributed by atoms with E-state index in [2.05, 4.69) is 4.90 Å². The van der Waals surface area contributed by atoms with Gasteiger partial charge in [0.25, 0.3) is 0 Å². The smallest absolute Gasteiger partial charge is 0.302 e. The first-order valence-corrected chi connectivity index (χ1v) is 6.64. The lowest BCUT2D eigenvalue weighted by Gasteiger charge is -2.36. The fourth-order valence-electron chi connectivity index (χ4n) is 2.17. The summed E-state index contributed by atoms with van der Waals surface area (Å²) in [6.07, 6.45) is -1.18. The number of hydrogen-bond donors (Lipinski definition) is 0. The minimum atomic E-state index is -4.00. The summed E-state index contributed by atoms with van der Waals surface area (Å²) < 4.78 is 37.4. The van der Waals surface area contributed by atoms with Crippen LogP contribution in [0, 0.1) is 11.8 Å². The van der Waals surface area contributed by atoms with Crippen LogP contribution in [0.25, 0.3) is 0 Å². The van der Waals surface area contributed by atoms with Gasteiger partial charge in [-0.15, -0.1) is 0 Å². The van der Waals surface area contributed by atoms with Crippen molar-refractivity contribution in [2.45, 2.75) is 29.4 Å². The molecule has 2 atom stereocenters. The van der Waals surface area contributed by atoms with Crippen LogP contribution in [0.5, 0.6) is 0 Å². The molecule has 1 saturated heterocycles. The van der Waals surface area contributed by atoms with Crippen molar-refractivity contribution in [1.29, 1.82) is 0 Å². The van der Waals surface area contributed by atoms with Crippen molar-refractivity contribution in [3.63, 3.8) is 0 Å². The van der Waals surface area contributed by atoms with E-state index in [9.17, 15) is 13.2 Å². The molecule has 2 fully saturated rings. The van der Waals surface area contributed by atoms with Crippen molar-refractivity contribution in [1.82, 2.24) is 4.90 Å². The predicted molar refractivity (Wildman–Crippen MR) is 61.1 cm³/mol. The zero-order chi connectivity index (χ0) is 11.1. The summed E-state index contributed by atoms with van der Waals surface area (Å²) in [6.45, 7) is 2.26. The molecule has 2 aliphatic rings. The van der Waals surface area contributed by atoms with Crippen molar-refractivity contribution >= 4 is 22.6 Å². The van der Waals surface area contributed by atoms with Gasteiger partial charge in [0.2, 0.25) is 0 Å².